The van der Waals surface area contributed by atoms with Crippen molar-refractivity contribution in [2.75, 3.05) is 67.0 Å². The maximum Gasteiger partial charge on any atom is 0.193 e. The van der Waals surface area contributed by atoms with Gasteiger partial charge in [-0.05, 0) is 45.9 Å². The number of aliphatic imine (C=N–C) groups is 1. The molecular weight excluding hydrogens is 389 g/mol. The van der Waals surface area contributed by atoms with E-state index in [1.54, 1.807) is 0 Å². The summed E-state index contributed by atoms with van der Waals surface area (Å²) in [5.74, 6) is 1.03. The zero-order valence-corrected chi connectivity index (χ0v) is 17.3. The van der Waals surface area contributed by atoms with Gasteiger partial charge >= 0.3 is 0 Å². The summed E-state index contributed by atoms with van der Waals surface area (Å²) in [5, 5.41) is 3.48. The van der Waals surface area contributed by atoms with Gasteiger partial charge in [0.15, 0.2) is 5.96 Å². The molecule has 1 heterocycles. The molecule has 0 unspecified atom stereocenters. The molecule has 0 amide bonds. The monoisotopic (exact) mass is 425 g/mol. The fourth-order valence-corrected chi connectivity index (χ4v) is 2.71. The number of unbranched alkanes of at least 4 members (excludes halogenated alkanes) is 1. The first-order valence-electron chi connectivity index (χ1n) is 8.50. The molecule has 0 radical (unpaired) electrons. The Labute approximate surface area is 154 Å². The van der Waals surface area contributed by atoms with Gasteiger partial charge in [0.1, 0.15) is 0 Å². The summed E-state index contributed by atoms with van der Waals surface area (Å²) >= 11 is 0. The number of halogens is 1. The Balaban J connectivity index is 0.00000441. The third kappa shape index (κ3) is 9.15. The van der Waals surface area contributed by atoms with E-state index < -0.39 is 0 Å². The normalized spacial score (nSPS) is 17.7. The standard InChI is InChI=1S/C16H35N5.HI/c1-5-6-11-20(4)16(17-2)18-9-7-12-21-13-8-10-19(3)14-15-21;/h5-15H2,1-4H3,(H,17,18);1H. The lowest BCUT2D eigenvalue weighted by Gasteiger charge is -2.23. The van der Waals surface area contributed by atoms with Crippen LogP contribution in [-0.2, 0) is 0 Å². The zero-order valence-electron chi connectivity index (χ0n) is 15.0. The Morgan fingerprint density at radius 3 is 2.64 bits per heavy atom. The highest BCUT2D eigenvalue weighted by atomic mass is 127. The summed E-state index contributed by atoms with van der Waals surface area (Å²) in [6.07, 6.45) is 4.93. The fraction of sp³-hybridized carbons (Fsp3) is 0.938. The van der Waals surface area contributed by atoms with Crippen molar-refractivity contribution in [2.45, 2.75) is 32.6 Å². The van der Waals surface area contributed by atoms with Gasteiger partial charge in [-0.25, -0.2) is 0 Å². The molecule has 1 N–H and O–H groups in total. The van der Waals surface area contributed by atoms with Gasteiger partial charge in [0, 0.05) is 40.3 Å². The maximum atomic E-state index is 4.36. The Bertz CT molecular complexity index is 298. The molecule has 1 rings (SSSR count). The summed E-state index contributed by atoms with van der Waals surface area (Å²) in [6, 6.07) is 0. The van der Waals surface area contributed by atoms with Crippen molar-refractivity contribution < 1.29 is 0 Å². The van der Waals surface area contributed by atoms with Crippen molar-refractivity contribution >= 4 is 29.9 Å². The van der Waals surface area contributed by atoms with Crippen LogP contribution in [0.15, 0.2) is 4.99 Å². The molecule has 1 saturated heterocycles. The number of nitrogens with zero attached hydrogens (tertiary/aromatic N) is 4. The van der Waals surface area contributed by atoms with E-state index in [-0.39, 0.29) is 24.0 Å². The highest BCUT2D eigenvalue weighted by molar-refractivity contribution is 14.0. The van der Waals surface area contributed by atoms with Crippen molar-refractivity contribution in [3.8, 4) is 0 Å². The second-order valence-electron chi connectivity index (χ2n) is 6.10. The molecule has 5 nitrogen and oxygen atoms in total. The first-order chi connectivity index (χ1) is 10.2. The summed E-state index contributed by atoms with van der Waals surface area (Å²) in [6.45, 7) is 10.4. The molecule has 132 valence electrons. The summed E-state index contributed by atoms with van der Waals surface area (Å²) < 4.78 is 0. The van der Waals surface area contributed by atoms with Crippen LogP contribution in [0.2, 0.25) is 0 Å². The van der Waals surface area contributed by atoms with Crippen LogP contribution in [0.1, 0.15) is 32.6 Å². The van der Waals surface area contributed by atoms with Gasteiger partial charge in [-0.3, -0.25) is 4.99 Å². The first kappa shape index (κ1) is 21.9. The summed E-state index contributed by atoms with van der Waals surface area (Å²) in [4.78, 5) is 11.6. The van der Waals surface area contributed by atoms with Gasteiger partial charge < -0.3 is 20.0 Å². The largest absolute Gasteiger partial charge is 0.356 e. The van der Waals surface area contributed by atoms with E-state index in [0.717, 1.165) is 19.0 Å². The highest BCUT2D eigenvalue weighted by Crippen LogP contribution is 2.01. The molecule has 0 spiro atoms. The molecule has 22 heavy (non-hydrogen) atoms. The Morgan fingerprint density at radius 2 is 1.95 bits per heavy atom. The number of nitrogens with one attached hydrogen (secondary N) is 1. The summed E-state index contributed by atoms with van der Waals surface area (Å²) in [5.41, 5.74) is 0. The Hall–Kier alpha value is -0.0800. The Morgan fingerprint density at radius 1 is 1.18 bits per heavy atom. The molecule has 0 atom stereocenters. The maximum absolute atomic E-state index is 4.36. The minimum Gasteiger partial charge on any atom is -0.356 e. The molecule has 0 aliphatic carbocycles. The van der Waals surface area contributed by atoms with E-state index >= 15 is 0 Å². The molecule has 1 fully saturated rings. The van der Waals surface area contributed by atoms with E-state index in [0.29, 0.717) is 0 Å². The predicted molar refractivity (Wildman–Crippen MR) is 107 cm³/mol. The SMILES string of the molecule is CCCCN(C)C(=NC)NCCCN1CCCN(C)CC1.I. The minimum absolute atomic E-state index is 0. The molecule has 0 bridgehead atoms. The average molecular weight is 425 g/mol. The smallest absolute Gasteiger partial charge is 0.193 e. The molecule has 0 saturated carbocycles. The molecule has 6 heteroatoms. The Kier molecular flexibility index (Phi) is 13.3. The molecule has 0 aromatic rings. The van der Waals surface area contributed by atoms with E-state index in [4.69, 9.17) is 0 Å². The van der Waals surface area contributed by atoms with Gasteiger partial charge in [0.25, 0.3) is 0 Å². The van der Waals surface area contributed by atoms with Crippen LogP contribution >= 0.6 is 24.0 Å². The third-order valence-corrected chi connectivity index (χ3v) is 4.17. The van der Waals surface area contributed by atoms with Gasteiger partial charge in [-0.15, -0.1) is 24.0 Å². The van der Waals surface area contributed by atoms with Crippen LogP contribution in [0.4, 0.5) is 0 Å². The van der Waals surface area contributed by atoms with Crippen molar-refractivity contribution in [2.24, 2.45) is 4.99 Å². The van der Waals surface area contributed by atoms with Crippen molar-refractivity contribution in [1.82, 2.24) is 20.0 Å². The molecule has 0 aromatic heterocycles. The third-order valence-electron chi connectivity index (χ3n) is 4.17. The molecule has 1 aliphatic heterocycles. The molecule has 0 aromatic carbocycles. The lowest BCUT2D eigenvalue weighted by Crippen LogP contribution is -2.40. The van der Waals surface area contributed by atoms with Crippen LogP contribution in [0, 0.1) is 0 Å². The zero-order chi connectivity index (χ0) is 15.5. The lowest BCUT2D eigenvalue weighted by atomic mass is 10.3. The second-order valence-corrected chi connectivity index (χ2v) is 6.10. The van der Waals surface area contributed by atoms with Gasteiger partial charge in [-0.2, -0.15) is 0 Å². The van der Waals surface area contributed by atoms with Crippen LogP contribution < -0.4 is 5.32 Å². The quantitative estimate of drug-likeness (QED) is 0.293. The van der Waals surface area contributed by atoms with E-state index in [9.17, 15) is 0 Å². The summed E-state index contributed by atoms with van der Waals surface area (Å²) in [7, 11) is 6.21. The second kappa shape index (κ2) is 13.4. The number of hydrogen-bond acceptors (Lipinski definition) is 3. The number of rotatable bonds is 7. The van der Waals surface area contributed by atoms with Crippen LogP contribution in [0.5, 0.6) is 0 Å². The number of hydrogen-bond donors (Lipinski definition) is 1. The van der Waals surface area contributed by atoms with Gasteiger partial charge in [-0.1, -0.05) is 13.3 Å². The van der Waals surface area contributed by atoms with E-state index in [1.165, 1.54) is 58.4 Å². The predicted octanol–water partition coefficient (Wildman–Crippen LogP) is 1.94. The van der Waals surface area contributed by atoms with E-state index in [2.05, 4.69) is 46.0 Å². The first-order valence-corrected chi connectivity index (χ1v) is 8.50. The number of likely N-dealkylation sites (N-methyl/N-ethyl adjacent to an activating group) is 1. The molecule has 1 aliphatic rings. The van der Waals surface area contributed by atoms with Crippen LogP contribution in [0.3, 0.4) is 0 Å². The number of guanidine groups is 1. The minimum atomic E-state index is 0. The average Bonchev–Trinajstić information content (AvgIpc) is 2.69. The fourth-order valence-electron chi connectivity index (χ4n) is 2.71. The lowest BCUT2D eigenvalue weighted by molar-refractivity contribution is 0.273. The van der Waals surface area contributed by atoms with Crippen molar-refractivity contribution in [3.63, 3.8) is 0 Å². The molecular formula is C16H36IN5. The van der Waals surface area contributed by atoms with Gasteiger partial charge in [0.05, 0.1) is 0 Å². The van der Waals surface area contributed by atoms with E-state index in [1.807, 2.05) is 7.05 Å². The van der Waals surface area contributed by atoms with Crippen molar-refractivity contribution in [1.29, 1.82) is 0 Å². The van der Waals surface area contributed by atoms with Gasteiger partial charge in [0.2, 0.25) is 0 Å². The van der Waals surface area contributed by atoms with Crippen molar-refractivity contribution in [3.05, 3.63) is 0 Å². The highest BCUT2D eigenvalue weighted by Gasteiger charge is 2.11. The van der Waals surface area contributed by atoms with Crippen LogP contribution in [-0.4, -0.2) is 87.6 Å². The topological polar surface area (TPSA) is 34.1 Å². The van der Waals surface area contributed by atoms with Crippen LogP contribution in [0.25, 0.3) is 0 Å².